The van der Waals surface area contributed by atoms with Crippen LogP contribution < -0.4 is 5.73 Å². The van der Waals surface area contributed by atoms with Gasteiger partial charge in [-0.05, 0) is 12.8 Å². The molecule has 4 N–H and O–H groups in total. The van der Waals surface area contributed by atoms with Gasteiger partial charge in [0.2, 0.25) is 0 Å². The first kappa shape index (κ1) is 11.9. The molecule has 10 rings (SSSR count). The van der Waals surface area contributed by atoms with E-state index in [1.54, 1.807) is 0 Å². The third kappa shape index (κ3) is 0.176. The van der Waals surface area contributed by atoms with Crippen LogP contribution in [0.15, 0.2) is 0 Å². The molecule has 5 unspecified atom stereocenters. The molecule has 5 atom stereocenters. The molecule has 0 aromatic carbocycles. The number of hydrogen-bond donors (Lipinski definition) is 3. The fourth-order valence-electron chi connectivity index (χ4n) is 18.2. The Kier molecular flexibility index (Phi) is 0.625. The van der Waals surface area contributed by atoms with E-state index < -0.39 is 18.4 Å². The number of carboxylic acids is 2. The maximum absolute atomic E-state index is 9.90. The van der Waals surface area contributed by atoms with E-state index in [2.05, 4.69) is 6.92 Å². The number of rotatable bonds is 6. The summed E-state index contributed by atoms with van der Waals surface area (Å²) in [6, 6.07) is 0.636. The molecule has 10 fully saturated rings. The van der Waals surface area contributed by atoms with Crippen LogP contribution in [0.4, 0.5) is 0 Å². The number of unbranched alkanes of at least 4 members (excludes halogenated alkanes) is 1. The number of carbonyl (C=O) groups is 2. The largest absolute Gasteiger partial charge is 0.481 e. The molecule has 10 saturated heterocycles. The van der Waals surface area contributed by atoms with Crippen LogP contribution in [-0.2, 0) is 16.1 Å². The maximum atomic E-state index is 9.90. The Morgan fingerprint density at radius 3 is 1.42 bits per heavy atom. The summed E-state index contributed by atoms with van der Waals surface area (Å²) >= 11 is 0. The zero-order valence-corrected chi connectivity index (χ0v) is 14.8. The molecule has 1 spiro atoms. The molecule has 0 radical (unpaired) electrons. The van der Waals surface area contributed by atoms with Crippen molar-refractivity contribution in [3.8, 4) is 0 Å². The van der Waals surface area contributed by atoms with E-state index in [0.29, 0.717) is 18.9 Å². The van der Waals surface area contributed by atoms with Crippen LogP contribution in [0.2, 0.25) is 47.7 Å². The molecule has 5 nitrogen and oxygen atoms in total. The van der Waals surface area contributed by atoms with Crippen molar-refractivity contribution < 1.29 is 26.3 Å². The zero-order chi connectivity index (χ0) is 16.6. The molecule has 24 heavy (non-hydrogen) atoms. The normalized spacial score (nSPS) is 88.2. The summed E-state index contributed by atoms with van der Waals surface area (Å²) in [7, 11) is 0. The first-order valence-electron chi connectivity index (χ1n) is 9.52. The second kappa shape index (κ2) is 1.26. The summed E-state index contributed by atoms with van der Waals surface area (Å²) in [4.78, 5) is 32.9. The Bertz CT molecular complexity index is 1050. The molecule has 0 aliphatic carbocycles. The van der Waals surface area contributed by atoms with Gasteiger partial charge >= 0.3 is 84.8 Å². The number of carboxylic acid groups (broad SMARTS) is 2. The summed E-state index contributed by atoms with van der Waals surface area (Å²) in [6.07, 6.45) is 1.02. The van der Waals surface area contributed by atoms with Crippen molar-refractivity contribution in [1.29, 1.82) is 0 Å². The SMILES string of the molecule is CC(N)[C]12[CH]3[CH]4[CH]5[CH]1[Fe]45321678[CH]2[CH]1[CH]6[CH]7[CH]28.O=C(O)CCCCC(=O)O. The van der Waals surface area contributed by atoms with Gasteiger partial charge in [0.25, 0.3) is 0 Å². The van der Waals surface area contributed by atoms with E-state index in [1.807, 2.05) is 0 Å². The molecule has 10 aliphatic rings. The van der Waals surface area contributed by atoms with E-state index in [4.69, 9.17) is 15.9 Å². The number of nitrogens with two attached hydrogens (primary N) is 1. The number of fused-ring (bicyclic) bond motifs is 10. The standard InChI is InChI=1S/C7H10N.C6H10O4.C5H5.Fe/c1-6(8)7-4-2-3-5-7;7-5(8)3-1-2-4-6(9)10;1-2-4-5-3-1;/h2-6H,8H2,1H3;1-4H2,(H,7,8)(H,9,10);1-5H;. The van der Waals surface area contributed by atoms with E-state index >= 15 is 0 Å². The van der Waals surface area contributed by atoms with Crippen molar-refractivity contribution in [2.45, 2.75) is 86.3 Å². The van der Waals surface area contributed by atoms with Gasteiger partial charge in [-0.15, -0.1) is 0 Å². The first-order chi connectivity index (χ1) is 11.1. The second-order valence-corrected chi connectivity index (χ2v) is 36.1. The van der Waals surface area contributed by atoms with Crippen LogP contribution in [0.5, 0.6) is 0 Å². The van der Waals surface area contributed by atoms with Gasteiger partial charge < -0.3 is 10.2 Å². The summed E-state index contributed by atoms with van der Waals surface area (Å²) in [5.41, 5.74) is 6.51. The summed E-state index contributed by atoms with van der Waals surface area (Å²) in [6.45, 7) is -0.311. The van der Waals surface area contributed by atoms with Crippen molar-refractivity contribution in [3.63, 3.8) is 0 Å². The predicted molar refractivity (Wildman–Crippen MR) is 83.8 cm³/mol. The van der Waals surface area contributed by atoms with Gasteiger partial charge in [-0.2, -0.15) is 0 Å². The fraction of sp³-hybridized carbons (Fsp3) is 0.889. The molecule has 134 valence electrons. The molecule has 0 amide bonds. The minimum Gasteiger partial charge on any atom is -0.481 e. The van der Waals surface area contributed by atoms with Crippen LogP contribution in [0, 0.1) is 0 Å². The van der Waals surface area contributed by atoms with Crippen molar-refractivity contribution in [1.82, 2.24) is 0 Å². The predicted octanol–water partition coefficient (Wildman–Crippen LogP) is 3.81. The summed E-state index contributed by atoms with van der Waals surface area (Å²) in [5, 5.41) is 16.3. The second-order valence-electron chi connectivity index (χ2n) is 12.5. The number of aliphatic carboxylic acids is 2. The Balaban J connectivity index is 0.0000000942. The number of hydrogen-bond acceptors (Lipinski definition) is 3. The Hall–Kier alpha value is -0.581. The van der Waals surface area contributed by atoms with Gasteiger partial charge in [0.1, 0.15) is 0 Å². The van der Waals surface area contributed by atoms with Crippen molar-refractivity contribution >= 4 is 11.9 Å². The van der Waals surface area contributed by atoms with Crippen LogP contribution in [-0.4, -0.2) is 28.2 Å². The molecule has 0 bridgehead atoms. The van der Waals surface area contributed by atoms with Gasteiger partial charge in [-0.25, -0.2) is 0 Å². The van der Waals surface area contributed by atoms with E-state index in [0.717, 1.165) is 4.31 Å². The molecule has 10 aliphatic heterocycles. The van der Waals surface area contributed by atoms with Crippen LogP contribution in [0.25, 0.3) is 0 Å². The van der Waals surface area contributed by atoms with Crippen LogP contribution in [0.1, 0.15) is 32.6 Å². The Morgan fingerprint density at radius 1 is 0.917 bits per heavy atom. The van der Waals surface area contributed by atoms with Crippen molar-refractivity contribution in [3.05, 3.63) is 0 Å². The smallest absolute Gasteiger partial charge is 0.303 e. The van der Waals surface area contributed by atoms with E-state index in [1.165, 1.54) is 43.3 Å². The zero-order valence-electron chi connectivity index (χ0n) is 13.7. The third-order valence-corrected chi connectivity index (χ3v) is 59.3. The molecule has 0 saturated carbocycles. The monoisotopic (exact) mass is 375 g/mol. The third-order valence-electron chi connectivity index (χ3n) is 16.5. The minimum absolute atomic E-state index is 0.0628. The summed E-state index contributed by atoms with van der Waals surface area (Å²) < 4.78 is 0.971. The van der Waals surface area contributed by atoms with Crippen molar-refractivity contribution in [2.75, 3.05) is 0 Å². The Morgan fingerprint density at radius 2 is 1.29 bits per heavy atom. The topological polar surface area (TPSA) is 101 Å². The van der Waals surface area contributed by atoms with Gasteiger partial charge in [-0.3, -0.25) is 9.59 Å². The van der Waals surface area contributed by atoms with Crippen LogP contribution in [0.3, 0.4) is 0 Å². The molecule has 0 aromatic heterocycles. The van der Waals surface area contributed by atoms with Crippen molar-refractivity contribution in [2.24, 2.45) is 5.73 Å². The average molecular weight is 375 g/mol. The minimum atomic E-state index is -2.71. The van der Waals surface area contributed by atoms with Crippen LogP contribution >= 0.6 is 0 Å². The summed E-state index contributed by atoms with van der Waals surface area (Å²) in [5.74, 6) is -1.74. The van der Waals surface area contributed by atoms with Gasteiger partial charge in [0.05, 0.1) is 0 Å². The molecule has 0 aromatic rings. The first-order valence-corrected chi connectivity index (χ1v) is 15.8. The molecule has 10 heterocycles. The fourth-order valence-corrected chi connectivity index (χ4v) is 93.9. The van der Waals surface area contributed by atoms with Gasteiger partial charge in [0, 0.05) is 12.8 Å². The molecule has 6 heteroatoms. The molecular formula is C18H25FeNO4. The quantitative estimate of drug-likeness (QED) is 0.484. The van der Waals surface area contributed by atoms with E-state index in [-0.39, 0.29) is 12.8 Å². The van der Waals surface area contributed by atoms with E-state index in [9.17, 15) is 9.59 Å². The van der Waals surface area contributed by atoms with Gasteiger partial charge in [0.15, 0.2) is 0 Å². The maximum Gasteiger partial charge on any atom is 0.303 e. The molecular weight excluding hydrogens is 350 g/mol. The average Bonchev–Trinajstić information content (AvgIpc) is 3.45. The Labute approximate surface area is 130 Å². The van der Waals surface area contributed by atoms with Gasteiger partial charge in [-0.1, -0.05) is 0 Å².